The number of likely N-dealkylation sites (N-methyl/N-ethyl adjacent to an activating group) is 1. The molecule has 8 heteroatoms. The number of likely N-dealkylation sites (tertiary alicyclic amines) is 1. The molecular formula is C21H25N3O5. The third-order valence-corrected chi connectivity index (χ3v) is 6.10. The van der Waals surface area contributed by atoms with Crippen molar-refractivity contribution in [2.24, 2.45) is 11.8 Å². The number of carbonyl (C=O) groups excluding carboxylic acids is 4. The molecule has 1 aromatic carbocycles. The van der Waals surface area contributed by atoms with Crippen molar-refractivity contribution in [1.82, 2.24) is 10.2 Å². The van der Waals surface area contributed by atoms with E-state index in [0.717, 1.165) is 25.7 Å². The van der Waals surface area contributed by atoms with Crippen molar-refractivity contribution in [1.29, 1.82) is 0 Å². The molecule has 3 unspecified atom stereocenters. The number of benzene rings is 1. The van der Waals surface area contributed by atoms with Crippen LogP contribution in [0.15, 0.2) is 24.3 Å². The fourth-order valence-corrected chi connectivity index (χ4v) is 4.56. The second-order valence-corrected chi connectivity index (χ2v) is 7.77. The third kappa shape index (κ3) is 3.47. The zero-order valence-electron chi connectivity index (χ0n) is 16.4. The monoisotopic (exact) mass is 399 g/mol. The average molecular weight is 399 g/mol. The Hall–Kier alpha value is -2.90. The Kier molecular flexibility index (Phi) is 5.25. The Balaban J connectivity index is 1.47. The molecule has 1 N–H and O–H groups in total. The number of carbonyl (C=O) groups is 4. The van der Waals surface area contributed by atoms with Crippen LogP contribution in [-0.4, -0.2) is 54.8 Å². The van der Waals surface area contributed by atoms with Crippen LogP contribution in [0.5, 0.6) is 5.75 Å². The summed E-state index contributed by atoms with van der Waals surface area (Å²) in [5.41, 5.74) is 0.588. The lowest BCUT2D eigenvalue weighted by Crippen LogP contribution is -2.50. The summed E-state index contributed by atoms with van der Waals surface area (Å²) >= 11 is 0. The highest BCUT2D eigenvalue weighted by molar-refractivity contribution is 6.06. The number of amides is 4. The molecule has 0 radical (unpaired) electrons. The maximum atomic E-state index is 13.0. The fraction of sp³-hybridized carbons (Fsp3) is 0.524. The highest BCUT2D eigenvalue weighted by Gasteiger charge is 2.48. The Labute approximate surface area is 169 Å². The van der Waals surface area contributed by atoms with Gasteiger partial charge in [-0.2, -0.15) is 0 Å². The smallest absolute Gasteiger partial charge is 0.262 e. The molecule has 8 nitrogen and oxygen atoms in total. The number of para-hydroxylation sites is 2. The summed E-state index contributed by atoms with van der Waals surface area (Å²) in [6.07, 6.45) is 2.66. The molecule has 2 fully saturated rings. The van der Waals surface area contributed by atoms with Gasteiger partial charge in [0.25, 0.3) is 5.91 Å². The van der Waals surface area contributed by atoms with Gasteiger partial charge in [0.1, 0.15) is 5.75 Å². The topological polar surface area (TPSA) is 96.0 Å². The van der Waals surface area contributed by atoms with Crippen LogP contribution >= 0.6 is 0 Å². The first-order chi connectivity index (χ1) is 14.0. The van der Waals surface area contributed by atoms with Gasteiger partial charge < -0.3 is 15.0 Å². The highest BCUT2D eigenvalue weighted by Crippen LogP contribution is 2.38. The molecule has 0 spiro atoms. The van der Waals surface area contributed by atoms with Gasteiger partial charge in [-0.1, -0.05) is 25.0 Å². The second-order valence-electron chi connectivity index (χ2n) is 7.77. The molecule has 2 heterocycles. The number of nitrogens with one attached hydrogen (secondary N) is 1. The first-order valence-electron chi connectivity index (χ1n) is 10.1. The molecule has 3 atom stereocenters. The van der Waals surface area contributed by atoms with Crippen LogP contribution in [0.2, 0.25) is 0 Å². The van der Waals surface area contributed by atoms with Crippen molar-refractivity contribution in [3.63, 3.8) is 0 Å². The molecule has 3 aliphatic rings. The highest BCUT2D eigenvalue weighted by atomic mass is 16.5. The van der Waals surface area contributed by atoms with E-state index in [1.807, 2.05) is 0 Å². The molecule has 154 valence electrons. The maximum Gasteiger partial charge on any atom is 0.262 e. The number of rotatable bonds is 4. The van der Waals surface area contributed by atoms with Gasteiger partial charge in [-0.3, -0.25) is 24.1 Å². The van der Waals surface area contributed by atoms with E-state index < -0.39 is 6.10 Å². The molecule has 0 bridgehead atoms. The number of ether oxygens (including phenoxy) is 1. The van der Waals surface area contributed by atoms with Crippen molar-refractivity contribution < 1.29 is 23.9 Å². The normalized spacial score (nSPS) is 25.9. The van der Waals surface area contributed by atoms with E-state index in [0.29, 0.717) is 11.4 Å². The van der Waals surface area contributed by atoms with Crippen LogP contribution in [0.1, 0.15) is 32.1 Å². The summed E-state index contributed by atoms with van der Waals surface area (Å²) in [6, 6.07) is 7.04. The van der Waals surface area contributed by atoms with Gasteiger partial charge in [0.05, 0.1) is 24.1 Å². The molecule has 4 rings (SSSR count). The third-order valence-electron chi connectivity index (χ3n) is 6.10. The molecule has 0 aromatic heterocycles. The number of fused-ring (bicyclic) bond motifs is 2. The minimum atomic E-state index is -0.809. The number of imide groups is 1. The standard InChI is InChI=1S/C21H25N3O5/c1-22-19(26)17-12-24(15-8-4-5-9-16(15)29-17)18(25)10-11-23-20(27)13-6-2-3-7-14(13)21(23)28/h4-5,8-9,13-14,17H,2-3,6-7,10-12H2,1H3,(H,22,26). The zero-order chi connectivity index (χ0) is 20.5. The van der Waals surface area contributed by atoms with E-state index in [1.165, 1.54) is 16.8 Å². The predicted molar refractivity (Wildman–Crippen MR) is 104 cm³/mol. The van der Waals surface area contributed by atoms with Crippen LogP contribution < -0.4 is 15.0 Å². The molecule has 1 aromatic rings. The summed E-state index contributed by atoms with van der Waals surface area (Å²) in [5.74, 6) is -0.811. The fourth-order valence-electron chi connectivity index (χ4n) is 4.56. The van der Waals surface area contributed by atoms with E-state index >= 15 is 0 Å². The molecule has 1 aliphatic carbocycles. The quantitative estimate of drug-likeness (QED) is 0.765. The first kappa shape index (κ1) is 19.4. The Morgan fingerprint density at radius 2 is 1.76 bits per heavy atom. The van der Waals surface area contributed by atoms with Crippen molar-refractivity contribution in [2.75, 3.05) is 25.0 Å². The van der Waals surface area contributed by atoms with Crippen molar-refractivity contribution in [3.8, 4) is 5.75 Å². The maximum absolute atomic E-state index is 13.0. The molecule has 2 aliphatic heterocycles. The summed E-state index contributed by atoms with van der Waals surface area (Å²) in [6.45, 7) is 0.163. The summed E-state index contributed by atoms with van der Waals surface area (Å²) < 4.78 is 5.72. The van der Waals surface area contributed by atoms with Crippen LogP contribution in [0, 0.1) is 11.8 Å². The molecule has 1 saturated heterocycles. The zero-order valence-corrected chi connectivity index (χ0v) is 16.4. The van der Waals surface area contributed by atoms with Crippen LogP contribution in [0.4, 0.5) is 5.69 Å². The van der Waals surface area contributed by atoms with E-state index in [1.54, 1.807) is 24.3 Å². The Morgan fingerprint density at radius 3 is 2.41 bits per heavy atom. The minimum Gasteiger partial charge on any atom is -0.477 e. The largest absolute Gasteiger partial charge is 0.477 e. The van der Waals surface area contributed by atoms with Crippen molar-refractivity contribution in [3.05, 3.63) is 24.3 Å². The van der Waals surface area contributed by atoms with Gasteiger partial charge in [0.15, 0.2) is 6.10 Å². The van der Waals surface area contributed by atoms with E-state index in [-0.39, 0.29) is 55.0 Å². The number of hydrogen-bond acceptors (Lipinski definition) is 5. The Morgan fingerprint density at radius 1 is 1.10 bits per heavy atom. The van der Waals surface area contributed by atoms with Gasteiger partial charge in [-0.15, -0.1) is 0 Å². The first-order valence-corrected chi connectivity index (χ1v) is 10.1. The van der Waals surface area contributed by atoms with Gasteiger partial charge in [-0.25, -0.2) is 0 Å². The number of nitrogens with zero attached hydrogens (tertiary/aromatic N) is 2. The van der Waals surface area contributed by atoms with E-state index in [9.17, 15) is 19.2 Å². The van der Waals surface area contributed by atoms with Crippen LogP contribution in [0.3, 0.4) is 0 Å². The lowest BCUT2D eigenvalue weighted by atomic mass is 9.81. The minimum absolute atomic E-state index is 0.0196. The average Bonchev–Trinajstić information content (AvgIpc) is 3.00. The lowest BCUT2D eigenvalue weighted by molar-refractivity contribution is -0.140. The molecular weight excluding hydrogens is 374 g/mol. The molecule has 4 amide bonds. The predicted octanol–water partition coefficient (Wildman–Crippen LogP) is 1.09. The molecule has 1 saturated carbocycles. The summed E-state index contributed by atoms with van der Waals surface area (Å²) in [7, 11) is 1.52. The Bertz CT molecular complexity index is 830. The second kappa shape index (κ2) is 7.85. The van der Waals surface area contributed by atoms with Crippen molar-refractivity contribution in [2.45, 2.75) is 38.2 Å². The van der Waals surface area contributed by atoms with Gasteiger partial charge in [0, 0.05) is 20.0 Å². The number of hydrogen-bond donors (Lipinski definition) is 1. The van der Waals surface area contributed by atoms with Gasteiger partial charge in [-0.05, 0) is 25.0 Å². The summed E-state index contributed by atoms with van der Waals surface area (Å²) in [4.78, 5) is 53.1. The van der Waals surface area contributed by atoms with Crippen LogP contribution in [-0.2, 0) is 19.2 Å². The lowest BCUT2D eigenvalue weighted by Gasteiger charge is -2.34. The van der Waals surface area contributed by atoms with Gasteiger partial charge in [0.2, 0.25) is 17.7 Å². The summed E-state index contributed by atoms with van der Waals surface area (Å²) in [5, 5.41) is 2.54. The van der Waals surface area contributed by atoms with Crippen molar-refractivity contribution >= 4 is 29.3 Å². The SMILES string of the molecule is CNC(=O)C1CN(C(=O)CCN2C(=O)C3CCCCC3C2=O)c2ccccc2O1. The van der Waals surface area contributed by atoms with E-state index in [4.69, 9.17) is 4.74 Å². The molecule has 29 heavy (non-hydrogen) atoms. The van der Waals surface area contributed by atoms with Crippen LogP contribution in [0.25, 0.3) is 0 Å². The number of anilines is 1. The van der Waals surface area contributed by atoms with E-state index in [2.05, 4.69) is 5.32 Å². The van der Waals surface area contributed by atoms with Gasteiger partial charge >= 0.3 is 0 Å².